The number of fused-ring (bicyclic) bond motifs is 1. The van der Waals surface area contributed by atoms with Crippen LogP contribution in [0.5, 0.6) is 0 Å². The molecule has 2 aromatic carbocycles. The molecule has 0 aliphatic carbocycles. The second-order valence-electron chi connectivity index (χ2n) is 7.10. The maximum Gasteiger partial charge on any atom is 0.254 e. The van der Waals surface area contributed by atoms with Crippen molar-refractivity contribution >= 4 is 28.5 Å². The number of hydrogen-bond acceptors (Lipinski definition) is 3. The maximum absolute atomic E-state index is 13.0. The summed E-state index contributed by atoms with van der Waals surface area (Å²) in [6, 6.07) is 13.6. The van der Waals surface area contributed by atoms with Crippen LogP contribution in [0.1, 0.15) is 23.2 Å². The van der Waals surface area contributed by atoms with E-state index in [2.05, 4.69) is 5.32 Å². The molecule has 0 spiro atoms. The number of nitrogens with one attached hydrogen (secondary N) is 1. The summed E-state index contributed by atoms with van der Waals surface area (Å²) in [5, 5.41) is 4.70. The number of benzene rings is 2. The number of piperidine rings is 1. The minimum absolute atomic E-state index is 0.00782. The lowest BCUT2D eigenvalue weighted by molar-refractivity contribution is -0.132. The van der Waals surface area contributed by atoms with Gasteiger partial charge in [0, 0.05) is 38.7 Å². The SMILES string of the molecule is CN(C)C(=O)CNC(=O)C1CCN(C(=O)c2cccc3ccccc23)CC1. The van der Waals surface area contributed by atoms with Gasteiger partial charge in [0.25, 0.3) is 5.91 Å². The number of likely N-dealkylation sites (tertiary alicyclic amines) is 1. The first-order chi connectivity index (χ1) is 13.0. The van der Waals surface area contributed by atoms with Gasteiger partial charge >= 0.3 is 0 Å². The summed E-state index contributed by atoms with van der Waals surface area (Å²) in [7, 11) is 3.32. The van der Waals surface area contributed by atoms with Gasteiger partial charge in [-0.15, -0.1) is 0 Å². The summed E-state index contributed by atoms with van der Waals surface area (Å²) < 4.78 is 0. The average molecular weight is 367 g/mol. The fourth-order valence-electron chi connectivity index (χ4n) is 3.39. The van der Waals surface area contributed by atoms with Crippen LogP contribution < -0.4 is 5.32 Å². The van der Waals surface area contributed by atoms with Crippen LogP contribution in [0.4, 0.5) is 0 Å². The minimum atomic E-state index is -0.156. The first-order valence-corrected chi connectivity index (χ1v) is 9.22. The van der Waals surface area contributed by atoms with Gasteiger partial charge in [-0.05, 0) is 29.7 Å². The lowest BCUT2D eigenvalue weighted by Crippen LogP contribution is -2.45. The first-order valence-electron chi connectivity index (χ1n) is 9.22. The molecule has 0 saturated carbocycles. The van der Waals surface area contributed by atoms with Crippen LogP contribution in [0.25, 0.3) is 10.8 Å². The van der Waals surface area contributed by atoms with Crippen molar-refractivity contribution in [2.24, 2.45) is 5.92 Å². The van der Waals surface area contributed by atoms with Crippen molar-refractivity contribution in [2.45, 2.75) is 12.8 Å². The standard InChI is InChI=1S/C21H25N3O3/c1-23(2)19(25)14-22-20(26)16-10-12-24(13-11-16)21(27)18-9-5-7-15-6-3-4-8-17(15)18/h3-9,16H,10-14H2,1-2H3,(H,22,26). The fraction of sp³-hybridized carbons (Fsp3) is 0.381. The van der Waals surface area contributed by atoms with Gasteiger partial charge in [0.05, 0.1) is 6.54 Å². The Morgan fingerprint density at radius 3 is 2.41 bits per heavy atom. The van der Waals surface area contributed by atoms with E-state index in [0.717, 1.165) is 10.8 Å². The van der Waals surface area contributed by atoms with Crippen molar-refractivity contribution in [3.05, 3.63) is 48.0 Å². The Morgan fingerprint density at radius 1 is 1.04 bits per heavy atom. The van der Waals surface area contributed by atoms with Crippen molar-refractivity contribution in [1.82, 2.24) is 15.1 Å². The molecule has 1 fully saturated rings. The molecule has 0 atom stereocenters. The zero-order chi connectivity index (χ0) is 19.4. The van der Waals surface area contributed by atoms with Gasteiger partial charge in [-0.3, -0.25) is 14.4 Å². The second kappa shape index (κ2) is 8.20. The molecule has 1 saturated heterocycles. The van der Waals surface area contributed by atoms with E-state index in [9.17, 15) is 14.4 Å². The van der Waals surface area contributed by atoms with Gasteiger partial charge in [0.15, 0.2) is 0 Å². The van der Waals surface area contributed by atoms with E-state index in [4.69, 9.17) is 0 Å². The largest absolute Gasteiger partial charge is 0.347 e. The molecule has 3 rings (SSSR count). The van der Waals surface area contributed by atoms with Crippen molar-refractivity contribution in [2.75, 3.05) is 33.7 Å². The highest BCUT2D eigenvalue weighted by atomic mass is 16.2. The summed E-state index contributed by atoms with van der Waals surface area (Å²) in [4.78, 5) is 40.1. The van der Waals surface area contributed by atoms with Crippen molar-refractivity contribution < 1.29 is 14.4 Å². The predicted molar refractivity (Wildman–Crippen MR) is 104 cm³/mol. The number of hydrogen-bond donors (Lipinski definition) is 1. The van der Waals surface area contributed by atoms with Gasteiger partial charge in [0.1, 0.15) is 0 Å². The highest BCUT2D eigenvalue weighted by Crippen LogP contribution is 2.23. The summed E-state index contributed by atoms with van der Waals surface area (Å²) in [5.74, 6) is -0.389. The lowest BCUT2D eigenvalue weighted by atomic mass is 9.95. The topological polar surface area (TPSA) is 69.7 Å². The van der Waals surface area contributed by atoms with Crippen LogP contribution in [0.3, 0.4) is 0 Å². The zero-order valence-electron chi connectivity index (χ0n) is 15.8. The van der Waals surface area contributed by atoms with Crippen molar-refractivity contribution in [3.63, 3.8) is 0 Å². The fourth-order valence-corrected chi connectivity index (χ4v) is 3.39. The second-order valence-corrected chi connectivity index (χ2v) is 7.10. The first kappa shape index (κ1) is 18.9. The molecule has 142 valence electrons. The highest BCUT2D eigenvalue weighted by molar-refractivity contribution is 6.07. The van der Waals surface area contributed by atoms with E-state index in [1.54, 1.807) is 14.1 Å². The van der Waals surface area contributed by atoms with Gasteiger partial charge in [0.2, 0.25) is 11.8 Å². The van der Waals surface area contributed by atoms with Gasteiger partial charge in [-0.25, -0.2) is 0 Å². The van der Waals surface area contributed by atoms with E-state index < -0.39 is 0 Å². The number of carbonyl (C=O) groups excluding carboxylic acids is 3. The molecule has 0 aromatic heterocycles. The average Bonchev–Trinajstić information content (AvgIpc) is 2.70. The van der Waals surface area contributed by atoms with E-state index in [1.165, 1.54) is 4.90 Å². The molecule has 1 heterocycles. The van der Waals surface area contributed by atoms with E-state index >= 15 is 0 Å². The molecular weight excluding hydrogens is 342 g/mol. The van der Waals surface area contributed by atoms with Crippen LogP contribution >= 0.6 is 0 Å². The molecule has 2 aromatic rings. The number of nitrogens with zero attached hydrogens (tertiary/aromatic N) is 2. The zero-order valence-corrected chi connectivity index (χ0v) is 15.8. The third kappa shape index (κ3) is 4.27. The third-order valence-corrected chi connectivity index (χ3v) is 5.09. The Kier molecular flexibility index (Phi) is 5.74. The van der Waals surface area contributed by atoms with Gasteiger partial charge in [-0.1, -0.05) is 36.4 Å². The van der Waals surface area contributed by atoms with E-state index in [1.807, 2.05) is 47.4 Å². The van der Waals surface area contributed by atoms with Gasteiger partial charge in [-0.2, -0.15) is 0 Å². The Labute approximate surface area is 159 Å². The molecule has 6 heteroatoms. The van der Waals surface area contributed by atoms with Crippen LogP contribution in [0, 0.1) is 5.92 Å². The Morgan fingerprint density at radius 2 is 1.70 bits per heavy atom. The summed E-state index contributed by atoms with van der Waals surface area (Å²) >= 11 is 0. The van der Waals surface area contributed by atoms with Crippen LogP contribution in [-0.4, -0.2) is 61.3 Å². The summed E-state index contributed by atoms with van der Waals surface area (Å²) in [5.41, 5.74) is 0.701. The quantitative estimate of drug-likeness (QED) is 0.897. The number of likely N-dealkylation sites (N-methyl/N-ethyl adjacent to an activating group) is 1. The molecule has 27 heavy (non-hydrogen) atoms. The van der Waals surface area contributed by atoms with Crippen molar-refractivity contribution in [1.29, 1.82) is 0 Å². The highest BCUT2D eigenvalue weighted by Gasteiger charge is 2.28. The number of amides is 3. The summed E-state index contributed by atoms with van der Waals surface area (Å²) in [6.45, 7) is 1.10. The molecule has 1 aliphatic heterocycles. The molecular formula is C21H25N3O3. The lowest BCUT2D eigenvalue weighted by Gasteiger charge is -2.31. The van der Waals surface area contributed by atoms with E-state index in [-0.39, 0.29) is 30.2 Å². The molecule has 0 unspecified atom stereocenters. The van der Waals surface area contributed by atoms with Crippen molar-refractivity contribution in [3.8, 4) is 0 Å². The van der Waals surface area contributed by atoms with Crippen LogP contribution in [-0.2, 0) is 9.59 Å². The predicted octanol–water partition coefficient (Wildman–Crippen LogP) is 1.90. The Balaban J connectivity index is 1.59. The molecule has 3 amide bonds. The Bertz CT molecular complexity index is 849. The van der Waals surface area contributed by atoms with Crippen LogP contribution in [0.2, 0.25) is 0 Å². The summed E-state index contributed by atoms with van der Waals surface area (Å²) in [6.07, 6.45) is 1.22. The van der Waals surface area contributed by atoms with Gasteiger partial charge < -0.3 is 15.1 Å². The van der Waals surface area contributed by atoms with E-state index in [0.29, 0.717) is 31.5 Å². The van der Waals surface area contributed by atoms with Crippen LogP contribution in [0.15, 0.2) is 42.5 Å². The molecule has 0 radical (unpaired) electrons. The minimum Gasteiger partial charge on any atom is -0.347 e. The Hall–Kier alpha value is -2.89. The molecule has 1 N–H and O–H groups in total. The normalized spacial score (nSPS) is 14.8. The molecule has 1 aliphatic rings. The molecule has 6 nitrogen and oxygen atoms in total. The third-order valence-electron chi connectivity index (χ3n) is 5.09. The number of carbonyl (C=O) groups is 3. The molecule has 0 bridgehead atoms. The monoisotopic (exact) mass is 367 g/mol. The smallest absolute Gasteiger partial charge is 0.254 e. The number of rotatable bonds is 4. The maximum atomic E-state index is 13.0.